The fraction of sp³-hybridized carbons (Fsp3) is 0.400. The van der Waals surface area contributed by atoms with Gasteiger partial charge in [-0.1, -0.05) is 19.9 Å². The Kier molecular flexibility index (Phi) is 7.26. The summed E-state index contributed by atoms with van der Waals surface area (Å²) in [6.45, 7) is 7.22. The number of carbonyl (C=O) groups is 1. The van der Waals surface area contributed by atoms with Crippen LogP contribution in [-0.4, -0.2) is 24.1 Å². The number of ether oxygens (including phenoxy) is 2. The van der Waals surface area contributed by atoms with Crippen LogP contribution < -0.4 is 14.8 Å². The van der Waals surface area contributed by atoms with E-state index in [9.17, 15) is 4.79 Å². The lowest BCUT2D eigenvalue weighted by molar-refractivity contribution is 0.0939. The van der Waals surface area contributed by atoms with Crippen LogP contribution in [0.4, 0.5) is 0 Å². The predicted octanol–water partition coefficient (Wildman–Crippen LogP) is 4.15. The van der Waals surface area contributed by atoms with Crippen LogP contribution in [0.3, 0.4) is 0 Å². The first-order valence-corrected chi connectivity index (χ1v) is 8.76. The van der Waals surface area contributed by atoms with Gasteiger partial charge in [-0.15, -0.1) is 0 Å². The number of pyridine rings is 1. The van der Waals surface area contributed by atoms with Crippen LogP contribution in [0.25, 0.3) is 0 Å². The second-order valence-electron chi connectivity index (χ2n) is 5.84. The maximum Gasteiger partial charge on any atom is 0.251 e. The van der Waals surface area contributed by atoms with Crippen molar-refractivity contribution in [3.63, 3.8) is 0 Å². The maximum atomic E-state index is 12.6. The van der Waals surface area contributed by atoms with Crippen molar-refractivity contribution in [3.05, 3.63) is 53.9 Å². The minimum absolute atomic E-state index is 0.128. The lowest BCUT2D eigenvalue weighted by Gasteiger charge is -2.16. The van der Waals surface area contributed by atoms with Crippen LogP contribution in [0, 0.1) is 0 Å². The van der Waals surface area contributed by atoms with Gasteiger partial charge in [0.1, 0.15) is 0 Å². The van der Waals surface area contributed by atoms with Crippen LogP contribution in [0.15, 0.2) is 42.7 Å². The zero-order chi connectivity index (χ0) is 18.1. The topological polar surface area (TPSA) is 60.5 Å². The predicted molar refractivity (Wildman–Crippen MR) is 98.1 cm³/mol. The van der Waals surface area contributed by atoms with Crippen molar-refractivity contribution in [1.82, 2.24) is 10.3 Å². The number of carbonyl (C=O) groups excluding carboxylic acids is 1. The number of benzene rings is 1. The molecule has 5 heteroatoms. The summed E-state index contributed by atoms with van der Waals surface area (Å²) < 4.78 is 11.5. The number of hydrogen-bond donors (Lipinski definition) is 1. The number of rotatable bonds is 9. The van der Waals surface area contributed by atoms with E-state index in [2.05, 4.69) is 10.3 Å². The first-order chi connectivity index (χ1) is 12.2. The zero-order valence-electron chi connectivity index (χ0n) is 15.1. The molecule has 25 heavy (non-hydrogen) atoms. The Morgan fingerprint density at radius 2 is 1.84 bits per heavy atom. The lowest BCUT2D eigenvalue weighted by Crippen LogP contribution is -2.26. The Hall–Kier alpha value is -2.56. The molecule has 1 aromatic heterocycles. The Morgan fingerprint density at radius 3 is 2.48 bits per heavy atom. The van der Waals surface area contributed by atoms with Gasteiger partial charge in [0.05, 0.1) is 19.3 Å². The number of hydrogen-bond acceptors (Lipinski definition) is 4. The number of aromatic nitrogens is 1. The van der Waals surface area contributed by atoms with E-state index in [1.165, 1.54) is 0 Å². The maximum absolute atomic E-state index is 12.6. The summed E-state index contributed by atoms with van der Waals surface area (Å²) in [4.78, 5) is 16.6. The third kappa shape index (κ3) is 5.48. The van der Waals surface area contributed by atoms with Crippen LogP contribution in [0.2, 0.25) is 0 Å². The van der Waals surface area contributed by atoms with Gasteiger partial charge in [-0.25, -0.2) is 0 Å². The van der Waals surface area contributed by atoms with Crippen molar-refractivity contribution < 1.29 is 14.3 Å². The van der Waals surface area contributed by atoms with Gasteiger partial charge in [0.15, 0.2) is 11.5 Å². The van der Waals surface area contributed by atoms with Crippen molar-refractivity contribution in [1.29, 1.82) is 0 Å². The van der Waals surface area contributed by atoms with Gasteiger partial charge < -0.3 is 14.8 Å². The first-order valence-electron chi connectivity index (χ1n) is 8.76. The van der Waals surface area contributed by atoms with Crippen molar-refractivity contribution in [2.24, 2.45) is 0 Å². The SMILES string of the molecule is CCCOc1ccc(C(=O)NC(C)c2cccnc2)cc1OCCC. The van der Waals surface area contributed by atoms with Crippen LogP contribution in [-0.2, 0) is 0 Å². The highest BCUT2D eigenvalue weighted by Gasteiger charge is 2.14. The van der Waals surface area contributed by atoms with Crippen molar-refractivity contribution in [3.8, 4) is 11.5 Å². The van der Waals surface area contributed by atoms with E-state index in [0.29, 0.717) is 30.3 Å². The molecule has 1 N–H and O–H groups in total. The Balaban J connectivity index is 2.12. The average Bonchev–Trinajstić information content (AvgIpc) is 2.65. The number of nitrogens with one attached hydrogen (secondary N) is 1. The summed E-state index contributed by atoms with van der Waals surface area (Å²) in [5.41, 5.74) is 1.51. The molecule has 0 aliphatic carbocycles. The lowest BCUT2D eigenvalue weighted by atomic mass is 10.1. The molecule has 5 nitrogen and oxygen atoms in total. The minimum Gasteiger partial charge on any atom is -0.490 e. The molecular weight excluding hydrogens is 316 g/mol. The monoisotopic (exact) mass is 342 g/mol. The summed E-state index contributed by atoms with van der Waals surface area (Å²) in [7, 11) is 0. The molecule has 1 heterocycles. The Labute approximate surface area is 149 Å². The molecule has 1 aromatic carbocycles. The molecule has 2 rings (SSSR count). The van der Waals surface area contributed by atoms with Gasteiger partial charge >= 0.3 is 0 Å². The molecule has 1 unspecified atom stereocenters. The van der Waals surface area contributed by atoms with Gasteiger partial charge in [0.25, 0.3) is 5.91 Å². The molecule has 0 saturated carbocycles. The highest BCUT2D eigenvalue weighted by Crippen LogP contribution is 2.29. The van der Waals surface area contributed by atoms with E-state index in [4.69, 9.17) is 9.47 Å². The van der Waals surface area contributed by atoms with Crippen LogP contribution >= 0.6 is 0 Å². The van der Waals surface area contributed by atoms with E-state index in [0.717, 1.165) is 18.4 Å². The summed E-state index contributed by atoms with van der Waals surface area (Å²) in [5, 5.41) is 2.98. The first kappa shape index (κ1) is 18.8. The Morgan fingerprint density at radius 1 is 1.12 bits per heavy atom. The highest BCUT2D eigenvalue weighted by atomic mass is 16.5. The summed E-state index contributed by atoms with van der Waals surface area (Å²) in [6.07, 6.45) is 5.27. The second-order valence-corrected chi connectivity index (χ2v) is 5.84. The molecule has 0 saturated heterocycles. The molecule has 0 spiro atoms. The Bertz CT molecular complexity index is 674. The van der Waals surface area contributed by atoms with E-state index >= 15 is 0 Å². The molecule has 0 fully saturated rings. The molecule has 0 aliphatic heterocycles. The normalized spacial score (nSPS) is 11.6. The molecule has 1 amide bonds. The van der Waals surface area contributed by atoms with Crippen LogP contribution in [0.1, 0.15) is 55.6 Å². The largest absolute Gasteiger partial charge is 0.490 e. The van der Waals surface area contributed by atoms with E-state index in [1.807, 2.05) is 32.9 Å². The van der Waals surface area contributed by atoms with Crippen molar-refractivity contribution in [2.75, 3.05) is 13.2 Å². The zero-order valence-corrected chi connectivity index (χ0v) is 15.1. The molecule has 134 valence electrons. The van der Waals surface area contributed by atoms with E-state index in [-0.39, 0.29) is 11.9 Å². The van der Waals surface area contributed by atoms with Crippen molar-refractivity contribution >= 4 is 5.91 Å². The van der Waals surface area contributed by atoms with Crippen molar-refractivity contribution in [2.45, 2.75) is 39.7 Å². The quantitative estimate of drug-likeness (QED) is 0.744. The highest BCUT2D eigenvalue weighted by molar-refractivity contribution is 5.95. The third-order valence-corrected chi connectivity index (χ3v) is 3.66. The van der Waals surface area contributed by atoms with Gasteiger partial charge in [0.2, 0.25) is 0 Å². The molecule has 0 aliphatic rings. The van der Waals surface area contributed by atoms with Gasteiger partial charge in [-0.05, 0) is 49.6 Å². The summed E-state index contributed by atoms with van der Waals surface area (Å²) >= 11 is 0. The molecule has 2 aromatic rings. The fourth-order valence-corrected chi connectivity index (χ4v) is 2.30. The molecule has 0 radical (unpaired) electrons. The summed E-state index contributed by atoms with van der Waals surface area (Å²) in [6, 6.07) is 8.97. The van der Waals surface area contributed by atoms with E-state index in [1.54, 1.807) is 30.6 Å². The molecule has 1 atom stereocenters. The van der Waals surface area contributed by atoms with Gasteiger partial charge in [-0.2, -0.15) is 0 Å². The molecular formula is C20H26N2O3. The fourth-order valence-electron chi connectivity index (χ4n) is 2.30. The minimum atomic E-state index is -0.153. The molecule has 0 bridgehead atoms. The van der Waals surface area contributed by atoms with Gasteiger partial charge in [-0.3, -0.25) is 9.78 Å². The number of amides is 1. The number of nitrogens with zero attached hydrogens (tertiary/aromatic N) is 1. The standard InChI is InChI=1S/C20H26N2O3/c1-4-11-24-18-9-8-16(13-19(18)25-12-5-2)20(23)22-15(3)17-7-6-10-21-14-17/h6-10,13-15H,4-5,11-12H2,1-3H3,(H,22,23). The van der Waals surface area contributed by atoms with Crippen LogP contribution in [0.5, 0.6) is 11.5 Å². The van der Waals surface area contributed by atoms with E-state index < -0.39 is 0 Å². The summed E-state index contributed by atoms with van der Waals surface area (Å²) in [5.74, 6) is 1.13. The average molecular weight is 342 g/mol. The second kappa shape index (κ2) is 9.67. The smallest absolute Gasteiger partial charge is 0.251 e. The van der Waals surface area contributed by atoms with Gasteiger partial charge in [0, 0.05) is 18.0 Å². The third-order valence-electron chi connectivity index (χ3n) is 3.66.